The lowest BCUT2D eigenvalue weighted by molar-refractivity contribution is -0.127. The van der Waals surface area contributed by atoms with Crippen LogP contribution in [0.2, 0.25) is 0 Å². The summed E-state index contributed by atoms with van der Waals surface area (Å²) < 4.78 is 5.96. The molecule has 0 bridgehead atoms. The van der Waals surface area contributed by atoms with Crippen LogP contribution in [0.4, 0.5) is 0 Å². The number of carbonyl (C=O) groups is 1. The highest BCUT2D eigenvalue weighted by Crippen LogP contribution is 2.20. The van der Waals surface area contributed by atoms with Gasteiger partial charge >= 0.3 is 0 Å². The maximum atomic E-state index is 12.3. The Labute approximate surface area is 154 Å². The van der Waals surface area contributed by atoms with Crippen molar-refractivity contribution in [2.75, 3.05) is 13.1 Å². The largest absolute Gasteiger partial charge is 0.490 e. The first kappa shape index (κ1) is 17.8. The second kappa shape index (κ2) is 8.87. The Hall–Kier alpha value is -3.06. The van der Waals surface area contributed by atoms with Crippen LogP contribution in [0, 0.1) is 11.3 Å². The van der Waals surface area contributed by atoms with Crippen molar-refractivity contribution in [1.82, 2.24) is 4.90 Å². The molecule has 0 aromatic heterocycles. The molecule has 0 aliphatic carbocycles. The number of ether oxygens (including phenoxy) is 1. The number of likely N-dealkylation sites (tertiary alicyclic amines) is 1. The number of hydrogen-bond acceptors (Lipinski definition) is 3. The van der Waals surface area contributed by atoms with E-state index >= 15 is 0 Å². The van der Waals surface area contributed by atoms with Crippen LogP contribution < -0.4 is 4.74 Å². The topological polar surface area (TPSA) is 53.3 Å². The smallest absolute Gasteiger partial charge is 0.246 e. The Balaban J connectivity index is 1.45. The van der Waals surface area contributed by atoms with Gasteiger partial charge in [0.2, 0.25) is 5.91 Å². The summed E-state index contributed by atoms with van der Waals surface area (Å²) in [5, 5.41) is 8.95. The highest BCUT2D eigenvalue weighted by atomic mass is 16.5. The summed E-state index contributed by atoms with van der Waals surface area (Å²) in [6, 6.07) is 19.4. The van der Waals surface area contributed by atoms with Crippen molar-refractivity contribution in [3.05, 3.63) is 77.9 Å². The van der Waals surface area contributed by atoms with Crippen molar-refractivity contribution < 1.29 is 9.53 Å². The monoisotopic (exact) mass is 346 g/mol. The van der Waals surface area contributed by atoms with Gasteiger partial charge in [-0.15, -0.1) is 0 Å². The Morgan fingerprint density at radius 3 is 2.65 bits per heavy atom. The van der Waals surface area contributed by atoms with Crippen LogP contribution in [-0.4, -0.2) is 30.0 Å². The number of benzene rings is 2. The maximum Gasteiger partial charge on any atom is 0.246 e. The van der Waals surface area contributed by atoms with E-state index in [0.717, 1.165) is 25.0 Å². The maximum absolute atomic E-state index is 12.3. The molecule has 1 aliphatic heterocycles. The summed E-state index contributed by atoms with van der Waals surface area (Å²) >= 11 is 0. The molecule has 1 saturated heterocycles. The molecule has 1 amide bonds. The van der Waals surface area contributed by atoms with E-state index in [1.54, 1.807) is 18.2 Å². The number of amides is 1. The van der Waals surface area contributed by atoms with Gasteiger partial charge in [0.25, 0.3) is 0 Å². The van der Waals surface area contributed by atoms with Crippen molar-refractivity contribution in [3.63, 3.8) is 0 Å². The number of allylic oxidation sites excluding steroid dienone is 1. The lowest BCUT2D eigenvalue weighted by Crippen LogP contribution is -2.41. The quantitative estimate of drug-likeness (QED) is 0.775. The molecule has 1 heterocycles. The number of nitrogens with zero attached hydrogens (tertiary/aromatic N) is 2. The van der Waals surface area contributed by atoms with Crippen LogP contribution in [0.25, 0.3) is 0 Å². The Bertz CT molecular complexity index is 800. The highest BCUT2D eigenvalue weighted by molar-refractivity contribution is 5.87. The van der Waals surface area contributed by atoms with Crippen LogP contribution in [0.1, 0.15) is 24.0 Å². The van der Waals surface area contributed by atoms with Crippen LogP contribution in [0.5, 0.6) is 5.75 Å². The molecule has 2 aromatic rings. The molecule has 0 unspecified atom stereocenters. The minimum atomic E-state index is 0.0610. The van der Waals surface area contributed by atoms with Crippen LogP contribution >= 0.6 is 0 Å². The molecular weight excluding hydrogens is 324 g/mol. The minimum absolute atomic E-state index is 0.0610. The summed E-state index contributed by atoms with van der Waals surface area (Å²) in [6.07, 6.45) is 6.05. The third-order valence-corrected chi connectivity index (χ3v) is 4.48. The van der Waals surface area contributed by atoms with E-state index in [-0.39, 0.29) is 12.0 Å². The van der Waals surface area contributed by atoms with Crippen molar-refractivity contribution in [2.45, 2.75) is 25.4 Å². The second-order valence-electron chi connectivity index (χ2n) is 6.37. The molecule has 4 nitrogen and oxygen atoms in total. The normalized spacial score (nSPS) is 15.0. The Morgan fingerprint density at radius 2 is 1.92 bits per heavy atom. The lowest BCUT2D eigenvalue weighted by atomic mass is 10.1. The van der Waals surface area contributed by atoms with E-state index in [0.29, 0.717) is 18.7 Å². The molecule has 0 radical (unpaired) electrons. The van der Waals surface area contributed by atoms with E-state index < -0.39 is 0 Å². The summed E-state index contributed by atoms with van der Waals surface area (Å²) in [5.41, 5.74) is 1.79. The number of nitriles is 1. The average molecular weight is 346 g/mol. The van der Waals surface area contributed by atoms with Crippen molar-refractivity contribution in [2.24, 2.45) is 0 Å². The predicted octanol–water partition coefficient (Wildman–Crippen LogP) is 3.73. The third-order valence-electron chi connectivity index (χ3n) is 4.48. The van der Waals surface area contributed by atoms with E-state index in [2.05, 4.69) is 18.2 Å². The zero-order valence-corrected chi connectivity index (χ0v) is 14.7. The molecule has 0 atom stereocenters. The molecule has 3 rings (SSSR count). The van der Waals surface area contributed by atoms with Crippen molar-refractivity contribution in [3.8, 4) is 11.8 Å². The van der Waals surface area contributed by atoms with Crippen LogP contribution in [0.3, 0.4) is 0 Å². The van der Waals surface area contributed by atoms with E-state index in [4.69, 9.17) is 10.00 Å². The van der Waals surface area contributed by atoms with E-state index in [9.17, 15) is 4.79 Å². The third kappa shape index (κ3) is 4.97. The molecular formula is C22H22N2O2. The molecule has 0 N–H and O–H groups in total. The number of piperidine rings is 1. The number of carbonyl (C=O) groups excluding carboxylic acids is 1. The van der Waals surface area contributed by atoms with E-state index in [1.165, 1.54) is 5.56 Å². The molecule has 0 spiro atoms. The Kier molecular flexibility index (Phi) is 6.05. The number of rotatable bonds is 5. The van der Waals surface area contributed by atoms with Gasteiger partial charge in [0.1, 0.15) is 11.9 Å². The SMILES string of the molecule is N#Cc1cccc(OC2CCN(C(=O)/C=C/Cc3ccccc3)CC2)c1. The van der Waals surface area contributed by atoms with Gasteiger partial charge in [-0.1, -0.05) is 42.5 Å². The van der Waals surface area contributed by atoms with E-state index in [1.807, 2.05) is 41.3 Å². The first-order chi connectivity index (χ1) is 12.7. The second-order valence-corrected chi connectivity index (χ2v) is 6.37. The van der Waals surface area contributed by atoms with Gasteiger partial charge < -0.3 is 9.64 Å². The van der Waals surface area contributed by atoms with Crippen molar-refractivity contribution in [1.29, 1.82) is 5.26 Å². The fraction of sp³-hybridized carbons (Fsp3) is 0.273. The molecule has 4 heteroatoms. The lowest BCUT2D eigenvalue weighted by Gasteiger charge is -2.31. The van der Waals surface area contributed by atoms with Gasteiger partial charge in [0.05, 0.1) is 11.6 Å². The summed E-state index contributed by atoms with van der Waals surface area (Å²) in [6.45, 7) is 1.38. The number of hydrogen-bond donors (Lipinski definition) is 0. The Morgan fingerprint density at radius 1 is 1.15 bits per heavy atom. The summed E-state index contributed by atoms with van der Waals surface area (Å²) in [7, 11) is 0. The average Bonchev–Trinajstić information content (AvgIpc) is 2.69. The molecule has 132 valence electrons. The fourth-order valence-corrected chi connectivity index (χ4v) is 3.04. The standard InChI is InChI=1S/C22H22N2O2/c23-17-19-9-4-10-21(16-19)26-20-12-14-24(15-13-20)22(25)11-5-8-18-6-2-1-3-7-18/h1-7,9-11,16,20H,8,12-15H2/b11-5+. The summed E-state index contributed by atoms with van der Waals surface area (Å²) in [5.74, 6) is 0.780. The van der Waals surface area contributed by atoms with Crippen LogP contribution in [0.15, 0.2) is 66.7 Å². The molecule has 26 heavy (non-hydrogen) atoms. The molecule has 1 aliphatic rings. The minimum Gasteiger partial charge on any atom is -0.490 e. The van der Waals surface area contributed by atoms with Gasteiger partial charge in [-0.25, -0.2) is 0 Å². The van der Waals surface area contributed by atoms with Gasteiger partial charge in [-0.3, -0.25) is 4.79 Å². The zero-order chi connectivity index (χ0) is 18.2. The zero-order valence-electron chi connectivity index (χ0n) is 14.7. The predicted molar refractivity (Wildman–Crippen MR) is 101 cm³/mol. The highest BCUT2D eigenvalue weighted by Gasteiger charge is 2.22. The van der Waals surface area contributed by atoms with Gasteiger partial charge in [-0.2, -0.15) is 5.26 Å². The first-order valence-electron chi connectivity index (χ1n) is 8.91. The fourth-order valence-electron chi connectivity index (χ4n) is 3.04. The van der Waals surface area contributed by atoms with Crippen LogP contribution in [-0.2, 0) is 11.2 Å². The molecule has 1 fully saturated rings. The van der Waals surface area contributed by atoms with Gasteiger partial charge in [0.15, 0.2) is 0 Å². The molecule has 0 saturated carbocycles. The van der Waals surface area contributed by atoms with Gasteiger partial charge in [-0.05, 0) is 36.3 Å². The molecule has 2 aromatic carbocycles. The van der Waals surface area contributed by atoms with Crippen molar-refractivity contribution >= 4 is 5.91 Å². The summed E-state index contributed by atoms with van der Waals surface area (Å²) in [4.78, 5) is 14.2. The first-order valence-corrected chi connectivity index (χ1v) is 8.91. The van der Waals surface area contributed by atoms with Gasteiger partial charge in [0, 0.05) is 25.9 Å².